The smallest absolute Gasteiger partial charge is 0.347 e. The summed E-state index contributed by atoms with van der Waals surface area (Å²) in [5, 5.41) is 2.89. The molecule has 8 heteroatoms. The molecule has 192 valence electrons. The maximum absolute atomic E-state index is 13.6. The van der Waals surface area contributed by atoms with Gasteiger partial charge in [-0.15, -0.1) is 0 Å². The van der Waals surface area contributed by atoms with Gasteiger partial charge in [-0.2, -0.15) is 0 Å². The van der Waals surface area contributed by atoms with Crippen LogP contribution in [0.3, 0.4) is 0 Å². The first kappa shape index (κ1) is 26.5. The van der Waals surface area contributed by atoms with Gasteiger partial charge in [0, 0.05) is 13.0 Å². The maximum atomic E-state index is 13.6. The molecule has 2 saturated heterocycles. The van der Waals surface area contributed by atoms with Crippen molar-refractivity contribution < 1.29 is 33.4 Å². The minimum absolute atomic E-state index is 0.0782. The molecule has 3 unspecified atom stereocenters. The van der Waals surface area contributed by atoms with E-state index >= 15 is 0 Å². The number of hydrogen-bond acceptors (Lipinski definition) is 7. The lowest BCUT2D eigenvalue weighted by Crippen LogP contribution is -2.46. The van der Waals surface area contributed by atoms with E-state index in [4.69, 9.17) is 14.2 Å². The minimum Gasteiger partial charge on any atom is -0.463 e. The van der Waals surface area contributed by atoms with Gasteiger partial charge in [-0.3, -0.25) is 14.4 Å². The van der Waals surface area contributed by atoms with E-state index in [2.05, 4.69) is 5.32 Å². The highest BCUT2D eigenvalue weighted by molar-refractivity contribution is 5.88. The quantitative estimate of drug-likeness (QED) is 0.375. The topological polar surface area (TPSA) is 108 Å². The van der Waals surface area contributed by atoms with Crippen molar-refractivity contribution >= 4 is 23.8 Å². The van der Waals surface area contributed by atoms with Gasteiger partial charge >= 0.3 is 17.9 Å². The van der Waals surface area contributed by atoms with Gasteiger partial charge in [-0.1, -0.05) is 13.8 Å². The van der Waals surface area contributed by atoms with Crippen LogP contribution in [0, 0.1) is 16.2 Å². The number of rotatable bonds is 10. The molecular weight excluding hydrogens is 438 g/mol. The van der Waals surface area contributed by atoms with Crippen LogP contribution in [0.5, 0.6) is 0 Å². The van der Waals surface area contributed by atoms with E-state index in [0.29, 0.717) is 25.8 Å². The van der Waals surface area contributed by atoms with Crippen LogP contribution in [0.4, 0.5) is 0 Å². The molecule has 1 amide bonds. The Morgan fingerprint density at radius 3 is 2.24 bits per heavy atom. The fourth-order valence-electron chi connectivity index (χ4n) is 6.09. The first-order chi connectivity index (χ1) is 15.9. The van der Waals surface area contributed by atoms with Crippen LogP contribution in [0.1, 0.15) is 98.8 Å². The number of cyclic esters (lactones) is 1. The maximum Gasteiger partial charge on any atom is 0.347 e. The molecule has 8 nitrogen and oxygen atoms in total. The molecule has 0 aromatic rings. The molecule has 0 aromatic carbocycles. The average Bonchev–Trinajstić information content (AvgIpc) is 3.50. The Kier molecular flexibility index (Phi) is 7.68. The van der Waals surface area contributed by atoms with E-state index < -0.39 is 39.9 Å². The standard InChI is InChI=1S/C26H41NO7/c1-6-25(13-14-27-20(25)29)17-24(5,22(31)33-18-10-15-32-19(18)28)16-23(3,4)21(30)34-26(7-2)11-8-9-12-26/h18H,6-17H2,1-5H3,(H,27,29). The van der Waals surface area contributed by atoms with Crippen LogP contribution < -0.4 is 5.32 Å². The monoisotopic (exact) mass is 479 g/mol. The first-order valence-corrected chi connectivity index (χ1v) is 12.8. The van der Waals surface area contributed by atoms with Crippen molar-refractivity contribution in [2.75, 3.05) is 13.2 Å². The van der Waals surface area contributed by atoms with Crippen LogP contribution >= 0.6 is 0 Å². The van der Waals surface area contributed by atoms with Crippen molar-refractivity contribution in [3.8, 4) is 0 Å². The predicted molar refractivity (Wildman–Crippen MR) is 125 cm³/mol. The van der Waals surface area contributed by atoms with E-state index in [1.807, 2.05) is 13.8 Å². The number of ether oxygens (including phenoxy) is 3. The highest BCUT2D eigenvalue weighted by Crippen LogP contribution is 2.49. The molecule has 1 saturated carbocycles. The summed E-state index contributed by atoms with van der Waals surface area (Å²) in [5.74, 6) is -1.54. The van der Waals surface area contributed by atoms with Gasteiger partial charge in [-0.25, -0.2) is 4.79 Å². The third-order valence-corrected chi connectivity index (χ3v) is 8.26. The summed E-state index contributed by atoms with van der Waals surface area (Å²) in [6.07, 6.45) is 5.47. The summed E-state index contributed by atoms with van der Waals surface area (Å²) >= 11 is 0. The fraction of sp³-hybridized carbons (Fsp3) is 0.846. The van der Waals surface area contributed by atoms with Crippen LogP contribution in [0.25, 0.3) is 0 Å². The molecule has 3 atom stereocenters. The molecule has 3 aliphatic rings. The fourth-order valence-corrected chi connectivity index (χ4v) is 6.09. The molecule has 0 bridgehead atoms. The van der Waals surface area contributed by atoms with Crippen molar-refractivity contribution in [1.29, 1.82) is 0 Å². The van der Waals surface area contributed by atoms with Crippen LogP contribution in [0.15, 0.2) is 0 Å². The van der Waals surface area contributed by atoms with E-state index in [1.54, 1.807) is 20.8 Å². The van der Waals surface area contributed by atoms with Gasteiger partial charge in [0.2, 0.25) is 12.0 Å². The van der Waals surface area contributed by atoms with Gasteiger partial charge in [-0.05, 0) is 78.6 Å². The van der Waals surface area contributed by atoms with Crippen molar-refractivity contribution in [1.82, 2.24) is 5.32 Å². The third-order valence-electron chi connectivity index (χ3n) is 8.26. The molecule has 0 aromatic heterocycles. The Morgan fingerprint density at radius 1 is 1.06 bits per heavy atom. The summed E-state index contributed by atoms with van der Waals surface area (Å²) in [4.78, 5) is 51.8. The SMILES string of the molecule is CCC1(OC(=O)C(C)(C)CC(C)(CC2(CC)CCNC2=O)C(=O)OC2CCOC2=O)CCCC1. The molecule has 3 rings (SSSR count). The Labute approximate surface area is 202 Å². The summed E-state index contributed by atoms with van der Waals surface area (Å²) in [7, 11) is 0. The molecule has 0 spiro atoms. The molecule has 0 radical (unpaired) electrons. The van der Waals surface area contributed by atoms with E-state index in [0.717, 1.165) is 32.1 Å². The van der Waals surface area contributed by atoms with Gasteiger partial charge in [0.1, 0.15) is 5.60 Å². The lowest BCUT2D eigenvalue weighted by molar-refractivity contribution is -0.179. The predicted octanol–water partition coefficient (Wildman–Crippen LogP) is 3.84. The van der Waals surface area contributed by atoms with E-state index in [-0.39, 0.29) is 31.3 Å². The second kappa shape index (κ2) is 9.86. The summed E-state index contributed by atoms with van der Waals surface area (Å²) in [6, 6.07) is 0. The normalized spacial score (nSPS) is 28.2. The Bertz CT molecular complexity index is 816. The minimum atomic E-state index is -1.17. The number of carbonyl (C=O) groups excluding carboxylic acids is 4. The lowest BCUT2D eigenvalue weighted by Gasteiger charge is -2.41. The first-order valence-electron chi connectivity index (χ1n) is 12.8. The Balaban J connectivity index is 1.85. The highest BCUT2D eigenvalue weighted by atomic mass is 16.6. The van der Waals surface area contributed by atoms with Gasteiger partial charge in [0.25, 0.3) is 0 Å². The largest absolute Gasteiger partial charge is 0.463 e. The number of nitrogens with one attached hydrogen (secondary N) is 1. The van der Waals surface area contributed by atoms with Crippen molar-refractivity contribution in [2.45, 2.75) is 111 Å². The third kappa shape index (κ3) is 5.25. The van der Waals surface area contributed by atoms with Crippen molar-refractivity contribution in [3.63, 3.8) is 0 Å². The molecule has 1 N–H and O–H groups in total. The molecule has 3 fully saturated rings. The molecule has 2 heterocycles. The lowest BCUT2D eigenvalue weighted by atomic mass is 9.64. The van der Waals surface area contributed by atoms with Crippen molar-refractivity contribution in [2.24, 2.45) is 16.2 Å². The zero-order chi connectivity index (χ0) is 25.2. The van der Waals surface area contributed by atoms with E-state index in [9.17, 15) is 19.2 Å². The molecule has 34 heavy (non-hydrogen) atoms. The second-order valence-electron chi connectivity index (χ2n) is 11.4. The number of amides is 1. The second-order valence-corrected chi connectivity index (χ2v) is 11.4. The van der Waals surface area contributed by atoms with Gasteiger partial charge < -0.3 is 19.5 Å². The number of esters is 3. The summed E-state index contributed by atoms with van der Waals surface area (Å²) in [6.45, 7) is 10.1. The van der Waals surface area contributed by atoms with Crippen LogP contribution in [0.2, 0.25) is 0 Å². The van der Waals surface area contributed by atoms with Gasteiger partial charge in [0.15, 0.2) is 0 Å². The number of carbonyl (C=O) groups is 4. The molecule has 2 aliphatic heterocycles. The zero-order valence-electron chi connectivity index (χ0n) is 21.4. The summed E-state index contributed by atoms with van der Waals surface area (Å²) in [5.41, 5.74) is -3.31. The van der Waals surface area contributed by atoms with E-state index in [1.165, 1.54) is 0 Å². The Morgan fingerprint density at radius 2 is 1.74 bits per heavy atom. The van der Waals surface area contributed by atoms with Crippen molar-refractivity contribution in [3.05, 3.63) is 0 Å². The highest BCUT2D eigenvalue weighted by Gasteiger charge is 2.53. The molecule has 1 aliphatic carbocycles. The van der Waals surface area contributed by atoms with Crippen LogP contribution in [-0.4, -0.2) is 48.7 Å². The summed E-state index contributed by atoms with van der Waals surface area (Å²) < 4.78 is 16.7. The average molecular weight is 480 g/mol. The molecular formula is C26H41NO7. The van der Waals surface area contributed by atoms with Gasteiger partial charge in [0.05, 0.1) is 22.9 Å². The Hall–Kier alpha value is -2.12. The van der Waals surface area contributed by atoms with Crippen LogP contribution in [-0.2, 0) is 33.4 Å². The zero-order valence-corrected chi connectivity index (χ0v) is 21.4. The number of hydrogen-bond donors (Lipinski definition) is 1.